The van der Waals surface area contributed by atoms with Crippen LogP contribution in [0.3, 0.4) is 0 Å². The first-order valence-electron chi connectivity index (χ1n) is 4.58. The van der Waals surface area contributed by atoms with Gasteiger partial charge in [-0.15, -0.1) is 0 Å². The predicted octanol–water partition coefficient (Wildman–Crippen LogP) is 0.936. The predicted molar refractivity (Wildman–Crippen MR) is 46.8 cm³/mol. The smallest absolute Gasteiger partial charge is 0.249 e. The molecular weight excluding hydrogens is 154 g/mol. The van der Waals surface area contributed by atoms with Crippen molar-refractivity contribution in [1.29, 1.82) is 0 Å². The summed E-state index contributed by atoms with van der Waals surface area (Å²) in [7, 11) is 0. The minimum atomic E-state index is -0.247. The minimum Gasteiger partial charge on any atom is -0.363 e. The van der Waals surface area contributed by atoms with Gasteiger partial charge in [0.25, 0.3) is 0 Å². The Kier molecular flexibility index (Phi) is 3.09. The zero-order valence-corrected chi connectivity index (χ0v) is 7.96. The first-order valence-corrected chi connectivity index (χ1v) is 4.58. The molecule has 70 valence electrons. The lowest BCUT2D eigenvalue weighted by Crippen LogP contribution is -2.51. The number of ether oxygens (including phenoxy) is 1. The fourth-order valence-electron chi connectivity index (χ4n) is 1.33. The van der Waals surface area contributed by atoms with Crippen LogP contribution >= 0.6 is 0 Å². The van der Waals surface area contributed by atoms with Gasteiger partial charge < -0.3 is 10.1 Å². The third kappa shape index (κ3) is 1.97. The summed E-state index contributed by atoms with van der Waals surface area (Å²) in [6, 6.07) is 0. The Morgan fingerprint density at radius 3 is 2.83 bits per heavy atom. The molecule has 0 aromatic heterocycles. The lowest BCUT2D eigenvalue weighted by atomic mass is 10.0. The summed E-state index contributed by atoms with van der Waals surface area (Å²) in [6.45, 7) is 6.74. The number of amides is 1. The van der Waals surface area contributed by atoms with E-state index in [0.717, 1.165) is 6.42 Å². The highest BCUT2D eigenvalue weighted by Crippen LogP contribution is 2.14. The molecule has 12 heavy (non-hydrogen) atoms. The van der Waals surface area contributed by atoms with Crippen molar-refractivity contribution in [3.8, 4) is 0 Å². The quantitative estimate of drug-likeness (QED) is 0.671. The van der Waals surface area contributed by atoms with E-state index in [9.17, 15) is 4.79 Å². The van der Waals surface area contributed by atoms with Crippen LogP contribution in [0, 0.1) is 5.92 Å². The maximum atomic E-state index is 11.3. The Morgan fingerprint density at radius 2 is 2.33 bits per heavy atom. The van der Waals surface area contributed by atoms with Crippen molar-refractivity contribution in [3.63, 3.8) is 0 Å². The Morgan fingerprint density at radius 1 is 1.67 bits per heavy atom. The zero-order chi connectivity index (χ0) is 9.14. The molecule has 3 heteroatoms. The zero-order valence-electron chi connectivity index (χ0n) is 7.96. The Balaban J connectivity index is 2.53. The average Bonchev–Trinajstić information content (AvgIpc) is 2.05. The summed E-state index contributed by atoms with van der Waals surface area (Å²) in [5, 5.41) is 2.85. The topological polar surface area (TPSA) is 38.3 Å². The summed E-state index contributed by atoms with van der Waals surface area (Å²) >= 11 is 0. The number of hydrogen-bond acceptors (Lipinski definition) is 2. The lowest BCUT2D eigenvalue weighted by molar-refractivity contribution is -0.148. The van der Waals surface area contributed by atoms with Gasteiger partial charge in [-0.05, 0) is 12.3 Å². The summed E-state index contributed by atoms with van der Waals surface area (Å²) in [4.78, 5) is 11.3. The SMILES string of the molecule is CC[C@@H]1CNC(=O)[C@H](C(C)C)O1. The number of hydrogen-bond donors (Lipinski definition) is 1. The molecule has 0 aliphatic carbocycles. The van der Waals surface area contributed by atoms with E-state index in [1.165, 1.54) is 0 Å². The van der Waals surface area contributed by atoms with Crippen molar-refractivity contribution in [2.24, 2.45) is 5.92 Å². The molecular formula is C9H17NO2. The van der Waals surface area contributed by atoms with E-state index in [4.69, 9.17) is 4.74 Å². The van der Waals surface area contributed by atoms with Crippen LogP contribution in [0.2, 0.25) is 0 Å². The van der Waals surface area contributed by atoms with Gasteiger partial charge in [0, 0.05) is 6.54 Å². The maximum absolute atomic E-state index is 11.3. The number of carbonyl (C=O) groups is 1. The highest BCUT2D eigenvalue weighted by molar-refractivity contribution is 5.81. The molecule has 1 fully saturated rings. The largest absolute Gasteiger partial charge is 0.363 e. The number of rotatable bonds is 2. The second-order valence-corrected chi connectivity index (χ2v) is 3.58. The molecule has 0 spiro atoms. The van der Waals surface area contributed by atoms with Gasteiger partial charge in [-0.2, -0.15) is 0 Å². The van der Waals surface area contributed by atoms with E-state index in [1.807, 2.05) is 13.8 Å². The highest BCUT2D eigenvalue weighted by atomic mass is 16.5. The molecule has 1 amide bonds. The highest BCUT2D eigenvalue weighted by Gasteiger charge is 2.30. The van der Waals surface area contributed by atoms with Gasteiger partial charge in [0.05, 0.1) is 6.10 Å². The summed E-state index contributed by atoms with van der Waals surface area (Å²) < 4.78 is 5.60. The van der Waals surface area contributed by atoms with Gasteiger partial charge in [0.15, 0.2) is 0 Å². The van der Waals surface area contributed by atoms with Gasteiger partial charge in [-0.3, -0.25) is 4.79 Å². The second-order valence-electron chi connectivity index (χ2n) is 3.58. The summed E-state index contributed by atoms with van der Waals surface area (Å²) in [6.07, 6.45) is 0.919. The molecule has 1 saturated heterocycles. The standard InChI is InChI=1S/C9H17NO2/c1-4-7-5-10-9(11)8(12-7)6(2)3/h6-8H,4-5H2,1-3H3,(H,10,11)/t7-,8+/m1/s1. The lowest BCUT2D eigenvalue weighted by Gasteiger charge is -2.31. The van der Waals surface area contributed by atoms with Crippen LogP contribution in [0.15, 0.2) is 0 Å². The van der Waals surface area contributed by atoms with Gasteiger partial charge in [-0.1, -0.05) is 20.8 Å². The first kappa shape index (κ1) is 9.52. The monoisotopic (exact) mass is 171 g/mol. The molecule has 0 unspecified atom stereocenters. The number of carbonyl (C=O) groups excluding carboxylic acids is 1. The van der Waals surface area contributed by atoms with Crippen molar-refractivity contribution in [1.82, 2.24) is 5.32 Å². The molecule has 0 radical (unpaired) electrons. The van der Waals surface area contributed by atoms with Crippen LogP contribution < -0.4 is 5.32 Å². The van der Waals surface area contributed by atoms with E-state index < -0.39 is 0 Å². The molecule has 1 rings (SSSR count). The normalized spacial score (nSPS) is 30.5. The molecule has 1 aliphatic rings. The first-order chi connectivity index (χ1) is 5.65. The van der Waals surface area contributed by atoms with Crippen LogP contribution in [-0.4, -0.2) is 24.7 Å². The van der Waals surface area contributed by atoms with Crippen LogP contribution in [0.1, 0.15) is 27.2 Å². The molecule has 1 N–H and O–H groups in total. The van der Waals surface area contributed by atoms with Crippen molar-refractivity contribution in [2.45, 2.75) is 39.4 Å². The average molecular weight is 171 g/mol. The van der Waals surface area contributed by atoms with Crippen LogP contribution in [0.4, 0.5) is 0 Å². The molecule has 0 aromatic carbocycles. The Labute approximate surface area is 73.5 Å². The van der Waals surface area contributed by atoms with Crippen molar-refractivity contribution in [3.05, 3.63) is 0 Å². The molecule has 0 saturated carbocycles. The van der Waals surface area contributed by atoms with E-state index in [-0.39, 0.29) is 24.0 Å². The van der Waals surface area contributed by atoms with Crippen LogP contribution in [-0.2, 0) is 9.53 Å². The van der Waals surface area contributed by atoms with Crippen molar-refractivity contribution >= 4 is 5.91 Å². The fraction of sp³-hybridized carbons (Fsp3) is 0.889. The minimum absolute atomic E-state index is 0.0368. The van der Waals surface area contributed by atoms with Crippen molar-refractivity contribution in [2.75, 3.05) is 6.54 Å². The summed E-state index contributed by atoms with van der Waals surface area (Å²) in [5.41, 5.74) is 0. The van der Waals surface area contributed by atoms with Crippen LogP contribution in [0.5, 0.6) is 0 Å². The maximum Gasteiger partial charge on any atom is 0.249 e. The summed E-state index contributed by atoms with van der Waals surface area (Å²) in [5.74, 6) is 0.300. The van der Waals surface area contributed by atoms with E-state index in [2.05, 4.69) is 12.2 Å². The fourth-order valence-corrected chi connectivity index (χ4v) is 1.33. The van der Waals surface area contributed by atoms with Gasteiger partial charge in [-0.25, -0.2) is 0 Å². The van der Waals surface area contributed by atoms with Gasteiger partial charge in [0.2, 0.25) is 5.91 Å². The molecule has 0 bridgehead atoms. The van der Waals surface area contributed by atoms with Gasteiger partial charge in [0.1, 0.15) is 6.10 Å². The van der Waals surface area contributed by atoms with E-state index >= 15 is 0 Å². The Hall–Kier alpha value is -0.570. The third-order valence-corrected chi connectivity index (χ3v) is 2.16. The number of nitrogens with one attached hydrogen (secondary N) is 1. The van der Waals surface area contributed by atoms with Crippen LogP contribution in [0.25, 0.3) is 0 Å². The molecule has 2 atom stereocenters. The molecule has 1 aliphatic heterocycles. The molecule has 3 nitrogen and oxygen atoms in total. The Bertz CT molecular complexity index is 168. The van der Waals surface area contributed by atoms with E-state index in [1.54, 1.807) is 0 Å². The second kappa shape index (κ2) is 3.90. The number of morpholine rings is 1. The van der Waals surface area contributed by atoms with Crippen molar-refractivity contribution < 1.29 is 9.53 Å². The van der Waals surface area contributed by atoms with E-state index in [0.29, 0.717) is 6.54 Å². The van der Waals surface area contributed by atoms with Gasteiger partial charge >= 0.3 is 0 Å². The molecule has 1 heterocycles. The third-order valence-electron chi connectivity index (χ3n) is 2.16. The molecule has 0 aromatic rings.